The van der Waals surface area contributed by atoms with Crippen molar-refractivity contribution >= 4 is 17.5 Å². The topological polar surface area (TPSA) is 58.6 Å². The number of anilines is 1. The lowest BCUT2D eigenvalue weighted by Crippen LogP contribution is -2.34. The maximum Gasteiger partial charge on any atom is 0.226 e. The Balaban J connectivity index is 1.97. The predicted octanol–water partition coefficient (Wildman–Crippen LogP) is 4.24. The van der Waals surface area contributed by atoms with Crippen molar-refractivity contribution in [1.29, 1.82) is 0 Å². The maximum absolute atomic E-state index is 12.6. The lowest BCUT2D eigenvalue weighted by Gasteiger charge is -2.22. The first-order valence-corrected chi connectivity index (χ1v) is 10.3. The van der Waals surface area contributed by atoms with Crippen molar-refractivity contribution in [1.82, 2.24) is 4.90 Å². The number of hydrogen-bond acceptors (Lipinski definition) is 3. The summed E-state index contributed by atoms with van der Waals surface area (Å²) in [6.45, 7) is 6.65. The molecule has 0 fully saturated rings. The summed E-state index contributed by atoms with van der Waals surface area (Å²) in [6, 6.07) is 13.9. The standard InChI is InChI=1S/C24H32N2O3/c1-5-19-11-9-12-20(6-2)24(19)25-23(28)15-17-26(18(3)27)16-14-21-10-7-8-13-22(21)29-4/h7-13H,5-6,14-17H2,1-4H3,(H,25,28). The number of carbonyl (C=O) groups is 2. The summed E-state index contributed by atoms with van der Waals surface area (Å²) >= 11 is 0. The van der Waals surface area contributed by atoms with Crippen LogP contribution in [-0.4, -0.2) is 36.9 Å². The van der Waals surface area contributed by atoms with Crippen molar-refractivity contribution in [3.8, 4) is 5.75 Å². The van der Waals surface area contributed by atoms with Crippen molar-refractivity contribution in [2.24, 2.45) is 0 Å². The molecular weight excluding hydrogens is 364 g/mol. The van der Waals surface area contributed by atoms with Crippen LogP contribution in [0.15, 0.2) is 42.5 Å². The molecule has 2 amide bonds. The number of rotatable bonds is 10. The van der Waals surface area contributed by atoms with Crippen LogP contribution >= 0.6 is 0 Å². The molecule has 1 N–H and O–H groups in total. The van der Waals surface area contributed by atoms with E-state index in [1.807, 2.05) is 42.5 Å². The van der Waals surface area contributed by atoms with Gasteiger partial charge in [-0.25, -0.2) is 0 Å². The quantitative estimate of drug-likeness (QED) is 0.653. The summed E-state index contributed by atoms with van der Waals surface area (Å²) < 4.78 is 5.38. The van der Waals surface area contributed by atoms with Crippen LogP contribution in [0.1, 0.15) is 43.9 Å². The first kappa shape index (κ1) is 22.5. The van der Waals surface area contributed by atoms with E-state index in [9.17, 15) is 9.59 Å². The number of ether oxygens (including phenoxy) is 1. The van der Waals surface area contributed by atoms with Crippen LogP contribution < -0.4 is 10.1 Å². The summed E-state index contributed by atoms with van der Waals surface area (Å²) in [6.07, 6.45) is 2.68. The van der Waals surface area contributed by atoms with E-state index in [1.165, 1.54) is 0 Å². The van der Waals surface area contributed by atoms with Crippen LogP contribution in [0, 0.1) is 0 Å². The van der Waals surface area contributed by atoms with E-state index in [2.05, 4.69) is 19.2 Å². The van der Waals surface area contributed by atoms with Gasteiger partial charge in [-0.3, -0.25) is 9.59 Å². The number of carbonyl (C=O) groups excluding carboxylic acids is 2. The third kappa shape index (κ3) is 6.34. The van der Waals surface area contributed by atoms with Gasteiger partial charge >= 0.3 is 0 Å². The fraction of sp³-hybridized carbons (Fsp3) is 0.417. The number of benzene rings is 2. The number of aryl methyl sites for hydroxylation is 2. The highest BCUT2D eigenvalue weighted by molar-refractivity contribution is 5.92. The Hall–Kier alpha value is -2.82. The van der Waals surface area contributed by atoms with Gasteiger partial charge in [0.15, 0.2) is 0 Å². The number of amides is 2. The zero-order valence-corrected chi connectivity index (χ0v) is 18.0. The highest BCUT2D eigenvalue weighted by Crippen LogP contribution is 2.23. The van der Waals surface area contributed by atoms with Crippen molar-refractivity contribution in [2.45, 2.75) is 46.5 Å². The van der Waals surface area contributed by atoms with E-state index in [4.69, 9.17) is 4.74 Å². The van der Waals surface area contributed by atoms with E-state index in [1.54, 1.807) is 18.9 Å². The Labute approximate surface area is 174 Å². The van der Waals surface area contributed by atoms with Gasteiger partial charge in [0.2, 0.25) is 11.8 Å². The van der Waals surface area contributed by atoms with E-state index < -0.39 is 0 Å². The zero-order valence-electron chi connectivity index (χ0n) is 18.0. The normalized spacial score (nSPS) is 10.5. The second kappa shape index (κ2) is 11.2. The Morgan fingerprint density at radius 2 is 1.55 bits per heavy atom. The zero-order chi connectivity index (χ0) is 21.2. The minimum atomic E-state index is -0.0656. The predicted molar refractivity (Wildman–Crippen MR) is 117 cm³/mol. The van der Waals surface area contributed by atoms with Crippen LogP contribution in [-0.2, 0) is 28.9 Å². The number of para-hydroxylation sites is 2. The highest BCUT2D eigenvalue weighted by Gasteiger charge is 2.14. The summed E-state index contributed by atoms with van der Waals surface area (Å²) in [5.41, 5.74) is 4.25. The number of methoxy groups -OCH3 is 1. The van der Waals surface area contributed by atoms with Gasteiger partial charge in [-0.15, -0.1) is 0 Å². The summed E-state index contributed by atoms with van der Waals surface area (Å²) in [5.74, 6) is 0.719. The molecule has 0 radical (unpaired) electrons. The van der Waals surface area contributed by atoms with Crippen LogP contribution in [0.2, 0.25) is 0 Å². The van der Waals surface area contributed by atoms with Crippen molar-refractivity contribution in [2.75, 3.05) is 25.5 Å². The summed E-state index contributed by atoms with van der Waals surface area (Å²) in [4.78, 5) is 26.4. The van der Waals surface area contributed by atoms with Gasteiger partial charge in [-0.2, -0.15) is 0 Å². The van der Waals surface area contributed by atoms with Crippen LogP contribution in [0.25, 0.3) is 0 Å². The highest BCUT2D eigenvalue weighted by atomic mass is 16.5. The molecule has 0 aromatic heterocycles. The molecule has 0 atom stereocenters. The molecule has 0 unspecified atom stereocenters. The monoisotopic (exact) mass is 396 g/mol. The fourth-order valence-corrected chi connectivity index (χ4v) is 3.43. The van der Waals surface area contributed by atoms with Gasteiger partial charge in [0.1, 0.15) is 5.75 Å². The first-order valence-electron chi connectivity index (χ1n) is 10.3. The molecule has 0 saturated heterocycles. The summed E-state index contributed by atoms with van der Waals surface area (Å²) in [5, 5.41) is 3.07. The average molecular weight is 397 g/mol. The molecule has 2 rings (SSSR count). The number of hydrogen-bond donors (Lipinski definition) is 1. The molecule has 5 nitrogen and oxygen atoms in total. The SMILES string of the molecule is CCc1cccc(CC)c1NC(=O)CCN(CCc1ccccc1OC)C(C)=O. The van der Waals surface area contributed by atoms with Crippen molar-refractivity contribution < 1.29 is 14.3 Å². The molecule has 0 aliphatic carbocycles. The van der Waals surface area contributed by atoms with Gasteiger partial charge < -0.3 is 15.0 Å². The van der Waals surface area contributed by atoms with E-state index in [0.717, 1.165) is 41.0 Å². The molecule has 2 aromatic carbocycles. The third-order valence-corrected chi connectivity index (χ3v) is 5.16. The Morgan fingerprint density at radius 1 is 0.931 bits per heavy atom. The van der Waals surface area contributed by atoms with Crippen LogP contribution in [0.5, 0.6) is 5.75 Å². The van der Waals surface area contributed by atoms with Gasteiger partial charge in [0, 0.05) is 32.1 Å². The lowest BCUT2D eigenvalue weighted by molar-refractivity contribution is -0.129. The Bertz CT molecular complexity index is 810. The molecule has 156 valence electrons. The second-order valence-corrected chi connectivity index (χ2v) is 7.02. The third-order valence-electron chi connectivity index (χ3n) is 5.16. The molecule has 0 bridgehead atoms. The molecular formula is C24H32N2O3. The largest absolute Gasteiger partial charge is 0.496 e. The number of nitrogens with one attached hydrogen (secondary N) is 1. The lowest BCUT2D eigenvalue weighted by atomic mass is 10.0. The molecule has 0 saturated carbocycles. The number of nitrogens with zero attached hydrogens (tertiary/aromatic N) is 1. The van der Waals surface area contributed by atoms with Gasteiger partial charge in [-0.05, 0) is 42.0 Å². The Morgan fingerprint density at radius 3 is 2.14 bits per heavy atom. The van der Waals surface area contributed by atoms with E-state index >= 15 is 0 Å². The molecule has 0 heterocycles. The molecule has 5 heteroatoms. The fourth-order valence-electron chi connectivity index (χ4n) is 3.43. The Kier molecular flexibility index (Phi) is 8.71. The minimum Gasteiger partial charge on any atom is -0.496 e. The van der Waals surface area contributed by atoms with Crippen LogP contribution in [0.4, 0.5) is 5.69 Å². The molecule has 0 aliphatic heterocycles. The smallest absolute Gasteiger partial charge is 0.226 e. The van der Waals surface area contributed by atoms with Crippen molar-refractivity contribution in [3.63, 3.8) is 0 Å². The molecule has 2 aromatic rings. The van der Waals surface area contributed by atoms with E-state index in [0.29, 0.717) is 19.5 Å². The first-order chi connectivity index (χ1) is 14.0. The van der Waals surface area contributed by atoms with E-state index in [-0.39, 0.29) is 18.2 Å². The maximum atomic E-state index is 12.6. The molecule has 0 aliphatic rings. The van der Waals surface area contributed by atoms with Crippen molar-refractivity contribution in [3.05, 3.63) is 59.2 Å². The molecule has 0 spiro atoms. The van der Waals surface area contributed by atoms with Gasteiger partial charge in [-0.1, -0.05) is 50.2 Å². The average Bonchev–Trinajstić information content (AvgIpc) is 2.73. The van der Waals surface area contributed by atoms with Gasteiger partial charge in [0.25, 0.3) is 0 Å². The second-order valence-electron chi connectivity index (χ2n) is 7.02. The molecule has 29 heavy (non-hydrogen) atoms. The van der Waals surface area contributed by atoms with Gasteiger partial charge in [0.05, 0.1) is 7.11 Å². The summed E-state index contributed by atoms with van der Waals surface area (Å²) in [7, 11) is 1.64. The minimum absolute atomic E-state index is 0.0316. The van der Waals surface area contributed by atoms with Crippen LogP contribution in [0.3, 0.4) is 0 Å².